The third-order valence-corrected chi connectivity index (χ3v) is 3.03. The van der Waals surface area contributed by atoms with Crippen LogP contribution in [-0.4, -0.2) is 21.0 Å². The summed E-state index contributed by atoms with van der Waals surface area (Å²) in [6.45, 7) is 7.85. The van der Waals surface area contributed by atoms with E-state index in [2.05, 4.69) is 21.4 Å². The van der Waals surface area contributed by atoms with Gasteiger partial charge in [-0.25, -0.2) is 14.8 Å². The van der Waals surface area contributed by atoms with Crippen molar-refractivity contribution in [3.8, 4) is 0 Å². The van der Waals surface area contributed by atoms with Gasteiger partial charge in [0.1, 0.15) is 5.82 Å². The Bertz CT molecular complexity index is 661. The zero-order valence-corrected chi connectivity index (χ0v) is 12.6. The van der Waals surface area contributed by atoms with Crippen LogP contribution in [0.4, 0.5) is 11.4 Å². The van der Waals surface area contributed by atoms with Crippen LogP contribution < -0.4 is 5.32 Å². The first-order valence-electron chi connectivity index (χ1n) is 6.82. The smallest absolute Gasteiger partial charge is 0.356 e. The molecule has 2 rings (SSSR count). The van der Waals surface area contributed by atoms with Gasteiger partial charge in [0.15, 0.2) is 5.69 Å². The number of aromatic carboxylic acids is 1. The first-order valence-corrected chi connectivity index (χ1v) is 6.82. The van der Waals surface area contributed by atoms with Gasteiger partial charge in [0.2, 0.25) is 0 Å². The van der Waals surface area contributed by atoms with E-state index in [0.29, 0.717) is 11.5 Å². The number of hydrogen-bond acceptors (Lipinski definition) is 4. The molecule has 2 aromatic rings. The molecule has 0 atom stereocenters. The average Bonchev–Trinajstić information content (AvgIpc) is 2.37. The van der Waals surface area contributed by atoms with Crippen LogP contribution in [0.15, 0.2) is 24.4 Å². The molecule has 110 valence electrons. The molecular weight excluding hydrogens is 266 g/mol. The van der Waals surface area contributed by atoms with Crippen molar-refractivity contribution in [3.63, 3.8) is 0 Å². The summed E-state index contributed by atoms with van der Waals surface area (Å²) < 4.78 is 0. The fraction of sp³-hybridized carbons (Fsp3) is 0.312. The van der Waals surface area contributed by atoms with E-state index in [9.17, 15) is 9.90 Å². The van der Waals surface area contributed by atoms with Gasteiger partial charge in [-0.15, -0.1) is 0 Å². The number of carboxylic acids is 1. The largest absolute Gasteiger partial charge is 0.476 e. The fourth-order valence-electron chi connectivity index (χ4n) is 2.13. The minimum atomic E-state index is -1.06. The van der Waals surface area contributed by atoms with Crippen molar-refractivity contribution in [2.24, 2.45) is 0 Å². The lowest BCUT2D eigenvalue weighted by atomic mass is 10.1. The molecule has 5 heteroatoms. The maximum atomic E-state index is 11.4. The summed E-state index contributed by atoms with van der Waals surface area (Å²) in [6.07, 6.45) is 1.53. The predicted molar refractivity (Wildman–Crippen MR) is 82.3 cm³/mol. The summed E-state index contributed by atoms with van der Waals surface area (Å²) in [5.74, 6) is -0.456. The molecule has 0 fully saturated rings. The molecule has 1 aromatic heterocycles. The summed E-state index contributed by atoms with van der Waals surface area (Å²) in [7, 11) is 0. The lowest BCUT2D eigenvalue weighted by molar-refractivity contribution is 0.0691. The Balaban J connectivity index is 2.41. The van der Waals surface area contributed by atoms with Gasteiger partial charge in [-0.3, -0.25) is 0 Å². The van der Waals surface area contributed by atoms with Gasteiger partial charge in [-0.05, 0) is 37.1 Å². The minimum Gasteiger partial charge on any atom is -0.476 e. The Morgan fingerprint density at radius 1 is 1.19 bits per heavy atom. The molecule has 0 aliphatic heterocycles. The maximum Gasteiger partial charge on any atom is 0.356 e. The highest BCUT2D eigenvalue weighted by atomic mass is 16.4. The number of hydrogen-bond donors (Lipinski definition) is 2. The van der Waals surface area contributed by atoms with Crippen LogP contribution in [0.1, 0.15) is 47.2 Å². The van der Waals surface area contributed by atoms with Crippen molar-refractivity contribution >= 4 is 17.3 Å². The molecule has 2 N–H and O–H groups in total. The minimum absolute atomic E-state index is 0.00661. The van der Waals surface area contributed by atoms with Crippen molar-refractivity contribution in [2.45, 2.75) is 33.6 Å². The molecule has 21 heavy (non-hydrogen) atoms. The maximum absolute atomic E-state index is 11.4. The number of carboxylic acid groups (broad SMARTS) is 1. The number of carbonyl (C=O) groups is 1. The van der Waals surface area contributed by atoms with Gasteiger partial charge in [-0.2, -0.15) is 0 Å². The molecule has 0 unspecified atom stereocenters. The second-order valence-corrected chi connectivity index (χ2v) is 5.45. The van der Waals surface area contributed by atoms with Gasteiger partial charge in [-0.1, -0.05) is 19.9 Å². The van der Waals surface area contributed by atoms with E-state index >= 15 is 0 Å². The van der Waals surface area contributed by atoms with Crippen molar-refractivity contribution in [1.29, 1.82) is 0 Å². The number of nitrogens with zero attached hydrogens (tertiary/aromatic N) is 2. The Hall–Kier alpha value is -2.43. The number of rotatable bonds is 4. The van der Waals surface area contributed by atoms with E-state index in [4.69, 9.17) is 0 Å². The third kappa shape index (κ3) is 3.56. The molecule has 0 saturated heterocycles. The zero-order chi connectivity index (χ0) is 15.6. The standard InChI is InChI=1S/C16H19N3O2/c1-9(2)15-17-8-13(14(19-15)16(20)21)18-12-6-10(3)5-11(4)7-12/h5-9,18H,1-4H3,(H,20,21). The number of aromatic nitrogens is 2. The SMILES string of the molecule is Cc1cc(C)cc(Nc2cnc(C(C)C)nc2C(=O)O)c1. The van der Waals surface area contributed by atoms with Gasteiger partial charge in [0, 0.05) is 11.6 Å². The number of nitrogens with one attached hydrogen (secondary N) is 1. The molecule has 0 saturated carbocycles. The quantitative estimate of drug-likeness (QED) is 0.896. The molecule has 0 radical (unpaired) electrons. The number of aryl methyl sites for hydroxylation is 2. The average molecular weight is 285 g/mol. The van der Waals surface area contributed by atoms with Crippen molar-refractivity contribution in [2.75, 3.05) is 5.32 Å². The van der Waals surface area contributed by atoms with Crippen molar-refractivity contribution in [1.82, 2.24) is 9.97 Å². The Morgan fingerprint density at radius 3 is 2.33 bits per heavy atom. The highest BCUT2D eigenvalue weighted by molar-refractivity contribution is 5.92. The van der Waals surface area contributed by atoms with Crippen LogP contribution in [0, 0.1) is 13.8 Å². The highest BCUT2D eigenvalue weighted by Crippen LogP contribution is 2.22. The first kappa shape index (κ1) is 15.0. The normalized spacial score (nSPS) is 10.7. The molecular formula is C16H19N3O2. The summed E-state index contributed by atoms with van der Waals surface area (Å²) in [5, 5.41) is 12.4. The van der Waals surface area contributed by atoms with E-state index in [1.807, 2.05) is 39.8 Å². The molecule has 1 heterocycles. The molecule has 0 bridgehead atoms. The lowest BCUT2D eigenvalue weighted by Gasteiger charge is -2.12. The summed E-state index contributed by atoms with van der Waals surface area (Å²) in [4.78, 5) is 19.8. The number of anilines is 2. The van der Waals surface area contributed by atoms with Gasteiger partial charge in [0.25, 0.3) is 0 Å². The van der Waals surface area contributed by atoms with Crippen LogP contribution in [0.3, 0.4) is 0 Å². The van der Waals surface area contributed by atoms with Crippen molar-refractivity contribution < 1.29 is 9.90 Å². The molecule has 0 aliphatic rings. The van der Waals surface area contributed by atoms with Crippen LogP contribution in [0.25, 0.3) is 0 Å². The van der Waals surface area contributed by atoms with Gasteiger partial charge < -0.3 is 10.4 Å². The Labute approximate surface area is 124 Å². The second-order valence-electron chi connectivity index (χ2n) is 5.45. The van der Waals surface area contributed by atoms with E-state index in [-0.39, 0.29) is 11.6 Å². The first-order chi connectivity index (χ1) is 9.86. The monoisotopic (exact) mass is 285 g/mol. The van der Waals surface area contributed by atoms with E-state index in [1.54, 1.807) is 0 Å². The Kier molecular flexibility index (Phi) is 4.21. The predicted octanol–water partition coefficient (Wildman–Crippen LogP) is 3.66. The Morgan fingerprint density at radius 2 is 1.81 bits per heavy atom. The zero-order valence-electron chi connectivity index (χ0n) is 12.6. The van der Waals surface area contributed by atoms with Crippen LogP contribution >= 0.6 is 0 Å². The van der Waals surface area contributed by atoms with Gasteiger partial charge >= 0.3 is 5.97 Å². The van der Waals surface area contributed by atoms with Crippen LogP contribution in [0.5, 0.6) is 0 Å². The summed E-state index contributed by atoms with van der Waals surface area (Å²) >= 11 is 0. The van der Waals surface area contributed by atoms with E-state index in [1.165, 1.54) is 6.20 Å². The molecule has 0 aliphatic carbocycles. The second kappa shape index (κ2) is 5.91. The van der Waals surface area contributed by atoms with Crippen LogP contribution in [0.2, 0.25) is 0 Å². The third-order valence-electron chi connectivity index (χ3n) is 3.03. The highest BCUT2D eigenvalue weighted by Gasteiger charge is 2.16. The fourth-order valence-corrected chi connectivity index (χ4v) is 2.13. The van der Waals surface area contributed by atoms with E-state index < -0.39 is 5.97 Å². The molecule has 0 spiro atoms. The molecule has 5 nitrogen and oxygen atoms in total. The van der Waals surface area contributed by atoms with Crippen molar-refractivity contribution in [3.05, 3.63) is 47.0 Å². The summed E-state index contributed by atoms with van der Waals surface area (Å²) in [6, 6.07) is 5.96. The molecule has 1 aromatic carbocycles. The molecule has 0 amide bonds. The summed E-state index contributed by atoms with van der Waals surface area (Å²) in [5.41, 5.74) is 3.43. The topological polar surface area (TPSA) is 75.1 Å². The van der Waals surface area contributed by atoms with Gasteiger partial charge in [0.05, 0.1) is 11.9 Å². The van der Waals surface area contributed by atoms with Crippen LogP contribution in [-0.2, 0) is 0 Å². The lowest BCUT2D eigenvalue weighted by Crippen LogP contribution is -2.10. The van der Waals surface area contributed by atoms with E-state index in [0.717, 1.165) is 16.8 Å². The number of benzene rings is 1.